The number of hydrogen-bond acceptors (Lipinski definition) is 4. The van der Waals surface area contributed by atoms with Crippen molar-refractivity contribution < 1.29 is 13.3 Å². The number of fused-ring (bicyclic) bond motifs is 13. The number of nitrogens with zero attached hydrogens (tertiary/aromatic N) is 1. The topological polar surface area (TPSA) is 42.7 Å². The Morgan fingerprint density at radius 1 is 0.283 bits per heavy atom. The molecular weight excluding hydrogens is 735 g/mol. The van der Waals surface area contributed by atoms with Gasteiger partial charge in [-0.15, -0.1) is 0 Å². The molecule has 0 aliphatic heterocycles. The summed E-state index contributed by atoms with van der Waals surface area (Å²) in [4.78, 5) is 2.30. The fourth-order valence-electron chi connectivity index (χ4n) is 9.50. The van der Waals surface area contributed by atoms with Gasteiger partial charge in [-0.1, -0.05) is 140 Å². The first-order chi connectivity index (χ1) is 29.7. The molecule has 0 N–H and O–H groups in total. The van der Waals surface area contributed by atoms with Crippen LogP contribution in [0.1, 0.15) is 0 Å². The van der Waals surface area contributed by atoms with Crippen molar-refractivity contribution in [3.05, 3.63) is 200 Å². The summed E-state index contributed by atoms with van der Waals surface area (Å²) in [6.07, 6.45) is 0. The van der Waals surface area contributed by atoms with Crippen LogP contribution in [-0.4, -0.2) is 0 Å². The lowest BCUT2D eigenvalue weighted by Gasteiger charge is -2.26. The Morgan fingerprint density at radius 2 is 0.733 bits per heavy atom. The molecular formula is C56H33NO3. The van der Waals surface area contributed by atoms with E-state index in [1.54, 1.807) is 0 Å². The summed E-state index contributed by atoms with van der Waals surface area (Å²) in [5, 5.41) is 11.3. The van der Waals surface area contributed by atoms with Crippen molar-refractivity contribution in [3.63, 3.8) is 0 Å². The standard InChI is InChI=1S/C56H33NO3/c1-3-12-42-34(10-1)26-32-46-52-40(15-8-20-50(52)59-54(42)46)36-22-28-38(29-23-36)57(48-18-7-17-45-44-14-5-6-19-49(44)58-56(45)48)39-30-24-37(25-31-39)41-16-9-21-51-53(41)47-33-27-35-11-2-4-13-43(35)55(47)60-51/h1-33H. The third kappa shape index (κ3) is 4.85. The van der Waals surface area contributed by atoms with E-state index in [2.05, 4.69) is 193 Å². The van der Waals surface area contributed by atoms with Crippen LogP contribution in [0.25, 0.3) is 110 Å². The Kier molecular flexibility index (Phi) is 6.98. The van der Waals surface area contributed by atoms with Crippen LogP contribution in [0, 0.1) is 0 Å². The molecule has 0 unspecified atom stereocenters. The highest BCUT2D eigenvalue weighted by Crippen LogP contribution is 2.45. The van der Waals surface area contributed by atoms with Crippen LogP contribution in [-0.2, 0) is 0 Å². The van der Waals surface area contributed by atoms with Gasteiger partial charge < -0.3 is 18.2 Å². The van der Waals surface area contributed by atoms with Crippen molar-refractivity contribution in [2.45, 2.75) is 0 Å². The van der Waals surface area contributed by atoms with Crippen LogP contribution in [0.4, 0.5) is 17.1 Å². The highest BCUT2D eigenvalue weighted by Gasteiger charge is 2.21. The SMILES string of the molecule is c1ccc2c(c1)ccc1c2oc2cccc(-c3ccc(N(c4ccc(-c5cccc6oc7c8ccccc8ccc7c56)cc4)c4cccc5c4oc4ccccc45)cc3)c21. The Bertz CT molecular complexity index is 3630. The number of rotatable bonds is 5. The van der Waals surface area contributed by atoms with Crippen LogP contribution in [0.5, 0.6) is 0 Å². The second-order valence-corrected chi connectivity index (χ2v) is 15.6. The molecule has 0 saturated heterocycles. The van der Waals surface area contributed by atoms with Gasteiger partial charge in [-0.25, -0.2) is 0 Å². The van der Waals surface area contributed by atoms with E-state index in [9.17, 15) is 0 Å². The molecule has 0 fully saturated rings. The van der Waals surface area contributed by atoms with Gasteiger partial charge >= 0.3 is 0 Å². The van der Waals surface area contributed by atoms with Crippen molar-refractivity contribution in [1.29, 1.82) is 0 Å². The number of anilines is 3. The maximum absolute atomic E-state index is 6.65. The van der Waals surface area contributed by atoms with Crippen LogP contribution in [0.2, 0.25) is 0 Å². The molecule has 0 bridgehead atoms. The van der Waals surface area contributed by atoms with E-state index in [1.807, 2.05) is 12.1 Å². The largest absolute Gasteiger partial charge is 0.455 e. The van der Waals surface area contributed by atoms with Crippen molar-refractivity contribution in [1.82, 2.24) is 0 Å². The zero-order valence-corrected chi connectivity index (χ0v) is 32.2. The second kappa shape index (κ2) is 12.7. The summed E-state index contributed by atoms with van der Waals surface area (Å²) < 4.78 is 19.7. The summed E-state index contributed by atoms with van der Waals surface area (Å²) in [6.45, 7) is 0. The first kappa shape index (κ1) is 32.9. The minimum atomic E-state index is 0.843. The molecule has 0 atom stereocenters. The molecule has 13 aromatic rings. The first-order valence-corrected chi connectivity index (χ1v) is 20.3. The Morgan fingerprint density at radius 3 is 1.30 bits per heavy atom. The zero-order chi connectivity index (χ0) is 39.3. The molecule has 3 aromatic heterocycles. The van der Waals surface area contributed by atoms with Crippen molar-refractivity contribution >= 4 is 104 Å². The van der Waals surface area contributed by atoms with E-state index in [0.29, 0.717) is 0 Å². The first-order valence-electron chi connectivity index (χ1n) is 20.3. The minimum absolute atomic E-state index is 0.843. The summed E-state index contributed by atoms with van der Waals surface area (Å²) >= 11 is 0. The average molecular weight is 768 g/mol. The lowest BCUT2D eigenvalue weighted by Crippen LogP contribution is -2.10. The van der Waals surface area contributed by atoms with Crippen LogP contribution < -0.4 is 4.90 Å². The van der Waals surface area contributed by atoms with E-state index >= 15 is 0 Å². The van der Waals surface area contributed by atoms with E-state index in [0.717, 1.165) is 116 Å². The molecule has 4 heteroatoms. The van der Waals surface area contributed by atoms with E-state index in [-0.39, 0.29) is 0 Å². The predicted octanol–water partition coefficient (Wildman–Crippen LogP) is 16.5. The van der Waals surface area contributed by atoms with Gasteiger partial charge in [0.15, 0.2) is 5.58 Å². The quantitative estimate of drug-likeness (QED) is 0.175. The zero-order valence-electron chi connectivity index (χ0n) is 32.2. The molecule has 0 saturated carbocycles. The van der Waals surface area contributed by atoms with Gasteiger partial charge in [0.05, 0.1) is 5.69 Å². The number of benzene rings is 10. The normalized spacial score (nSPS) is 12.0. The highest BCUT2D eigenvalue weighted by atomic mass is 16.3. The van der Waals surface area contributed by atoms with Gasteiger partial charge in [0.1, 0.15) is 27.9 Å². The van der Waals surface area contributed by atoms with Crippen molar-refractivity contribution in [2.24, 2.45) is 0 Å². The Labute approximate surface area is 343 Å². The molecule has 0 aliphatic rings. The molecule has 280 valence electrons. The predicted molar refractivity (Wildman–Crippen MR) is 249 cm³/mol. The fraction of sp³-hybridized carbons (Fsp3) is 0. The van der Waals surface area contributed by atoms with Crippen LogP contribution in [0.15, 0.2) is 213 Å². The molecule has 0 radical (unpaired) electrons. The van der Waals surface area contributed by atoms with Gasteiger partial charge in [-0.2, -0.15) is 0 Å². The van der Waals surface area contributed by atoms with E-state index in [1.165, 1.54) is 10.8 Å². The molecule has 0 aliphatic carbocycles. The summed E-state index contributed by atoms with van der Waals surface area (Å²) in [7, 11) is 0. The van der Waals surface area contributed by atoms with Crippen molar-refractivity contribution in [3.8, 4) is 22.3 Å². The molecule has 0 spiro atoms. The summed E-state index contributed by atoms with van der Waals surface area (Å²) in [5.74, 6) is 0. The average Bonchev–Trinajstić information content (AvgIpc) is 4.02. The van der Waals surface area contributed by atoms with E-state index < -0.39 is 0 Å². The van der Waals surface area contributed by atoms with Gasteiger partial charge in [0, 0.05) is 54.5 Å². The third-order valence-electron chi connectivity index (χ3n) is 12.3. The Hall–Kier alpha value is -8.08. The minimum Gasteiger partial charge on any atom is -0.455 e. The molecule has 0 amide bonds. The molecule has 3 heterocycles. The summed E-state index contributed by atoms with van der Waals surface area (Å²) in [5.41, 5.74) is 12.8. The molecule has 4 nitrogen and oxygen atoms in total. The second-order valence-electron chi connectivity index (χ2n) is 15.6. The molecule has 10 aromatic carbocycles. The van der Waals surface area contributed by atoms with Crippen molar-refractivity contribution in [2.75, 3.05) is 4.90 Å². The smallest absolute Gasteiger partial charge is 0.159 e. The van der Waals surface area contributed by atoms with Crippen LogP contribution in [0.3, 0.4) is 0 Å². The lowest BCUT2D eigenvalue weighted by atomic mass is 9.97. The van der Waals surface area contributed by atoms with Gasteiger partial charge in [0.25, 0.3) is 0 Å². The van der Waals surface area contributed by atoms with Gasteiger partial charge in [0.2, 0.25) is 0 Å². The maximum Gasteiger partial charge on any atom is 0.159 e. The highest BCUT2D eigenvalue weighted by molar-refractivity contribution is 6.20. The Balaban J connectivity index is 0.959. The lowest BCUT2D eigenvalue weighted by molar-refractivity contribution is 0.669. The number of furan rings is 3. The van der Waals surface area contributed by atoms with Gasteiger partial charge in [-0.05, 0) is 93.7 Å². The fourth-order valence-corrected chi connectivity index (χ4v) is 9.50. The summed E-state index contributed by atoms with van der Waals surface area (Å²) in [6, 6.07) is 70.7. The molecule has 60 heavy (non-hydrogen) atoms. The maximum atomic E-state index is 6.65. The monoisotopic (exact) mass is 767 g/mol. The number of hydrogen-bond donors (Lipinski definition) is 0. The van der Waals surface area contributed by atoms with Gasteiger partial charge in [-0.3, -0.25) is 0 Å². The third-order valence-corrected chi connectivity index (χ3v) is 12.3. The van der Waals surface area contributed by atoms with Crippen LogP contribution >= 0.6 is 0 Å². The molecule has 13 rings (SSSR count). The number of para-hydroxylation sites is 2. The van der Waals surface area contributed by atoms with E-state index in [4.69, 9.17) is 13.3 Å².